The zero-order valence-electron chi connectivity index (χ0n) is 13.2. The fourth-order valence-corrected chi connectivity index (χ4v) is 2.57. The van der Waals surface area contributed by atoms with Gasteiger partial charge in [-0.05, 0) is 19.1 Å². The van der Waals surface area contributed by atoms with E-state index in [1.165, 1.54) is 11.8 Å². The summed E-state index contributed by atoms with van der Waals surface area (Å²) in [5, 5.41) is 11.7. The van der Waals surface area contributed by atoms with Crippen molar-refractivity contribution < 1.29 is 24.2 Å². The lowest BCUT2D eigenvalue weighted by molar-refractivity contribution is -0.141. The minimum Gasteiger partial charge on any atom is -0.490 e. The van der Waals surface area contributed by atoms with Crippen molar-refractivity contribution in [1.82, 2.24) is 10.2 Å². The minimum absolute atomic E-state index is 0.0737. The second-order valence-electron chi connectivity index (χ2n) is 5.59. The summed E-state index contributed by atoms with van der Waals surface area (Å²) in [6, 6.07) is 6.05. The van der Waals surface area contributed by atoms with E-state index in [9.17, 15) is 14.4 Å². The molecule has 0 spiro atoms. The van der Waals surface area contributed by atoms with Crippen LogP contribution in [0.4, 0.5) is 0 Å². The molecule has 1 fully saturated rings. The maximum absolute atomic E-state index is 12.0. The van der Waals surface area contributed by atoms with E-state index in [0.29, 0.717) is 17.3 Å². The number of amides is 2. The van der Waals surface area contributed by atoms with Gasteiger partial charge in [0.15, 0.2) is 0 Å². The van der Waals surface area contributed by atoms with Gasteiger partial charge < -0.3 is 20.1 Å². The fourth-order valence-electron chi connectivity index (χ4n) is 2.38. The van der Waals surface area contributed by atoms with Crippen molar-refractivity contribution in [2.75, 3.05) is 19.7 Å². The number of para-hydroxylation sites is 1. The Labute approximate surface area is 144 Å². The average molecular weight is 355 g/mol. The molecule has 0 saturated carbocycles. The molecule has 1 aliphatic rings. The molecule has 1 aliphatic heterocycles. The van der Waals surface area contributed by atoms with Crippen LogP contribution in [0.2, 0.25) is 5.02 Å². The second kappa shape index (κ2) is 8.01. The van der Waals surface area contributed by atoms with E-state index >= 15 is 0 Å². The first kappa shape index (κ1) is 18.1. The number of nitrogens with one attached hydrogen (secondary N) is 1. The zero-order chi connectivity index (χ0) is 17.7. The van der Waals surface area contributed by atoms with Gasteiger partial charge in [0.2, 0.25) is 11.8 Å². The SMILES string of the molecule is C[C@H](NC(=O)C1CC(=O)N(CCOc2ccccc2Cl)C1)C(=O)O. The lowest BCUT2D eigenvalue weighted by Gasteiger charge is -2.17. The Hall–Kier alpha value is -2.28. The van der Waals surface area contributed by atoms with Crippen LogP contribution in [0.1, 0.15) is 13.3 Å². The summed E-state index contributed by atoms with van der Waals surface area (Å²) in [4.78, 5) is 36.3. The summed E-state index contributed by atoms with van der Waals surface area (Å²) in [6.07, 6.45) is 0.0737. The predicted octanol–water partition coefficient (Wildman–Crippen LogP) is 1.16. The molecule has 0 aliphatic carbocycles. The summed E-state index contributed by atoms with van der Waals surface area (Å²) >= 11 is 5.98. The molecule has 2 rings (SSSR count). The van der Waals surface area contributed by atoms with E-state index in [1.807, 2.05) is 0 Å². The Balaban J connectivity index is 1.81. The highest BCUT2D eigenvalue weighted by Crippen LogP contribution is 2.23. The van der Waals surface area contributed by atoms with Crippen molar-refractivity contribution in [3.05, 3.63) is 29.3 Å². The number of ether oxygens (including phenoxy) is 1. The van der Waals surface area contributed by atoms with E-state index in [-0.39, 0.29) is 25.5 Å². The molecular formula is C16H19ClN2O5. The van der Waals surface area contributed by atoms with Gasteiger partial charge in [-0.25, -0.2) is 0 Å². The van der Waals surface area contributed by atoms with Crippen molar-refractivity contribution in [1.29, 1.82) is 0 Å². The topological polar surface area (TPSA) is 95.9 Å². The number of nitrogens with zero attached hydrogens (tertiary/aromatic N) is 1. The first-order valence-electron chi connectivity index (χ1n) is 7.56. The normalized spacial score (nSPS) is 18.3. The minimum atomic E-state index is -1.11. The molecule has 1 saturated heterocycles. The molecule has 8 heteroatoms. The highest BCUT2D eigenvalue weighted by molar-refractivity contribution is 6.32. The Morgan fingerprint density at radius 1 is 1.46 bits per heavy atom. The van der Waals surface area contributed by atoms with Gasteiger partial charge in [-0.15, -0.1) is 0 Å². The Morgan fingerprint density at radius 3 is 2.83 bits per heavy atom. The summed E-state index contributed by atoms with van der Waals surface area (Å²) in [6.45, 7) is 2.23. The number of rotatable bonds is 7. The van der Waals surface area contributed by atoms with E-state index in [2.05, 4.69) is 5.32 Å². The standard InChI is InChI=1S/C16H19ClN2O5/c1-10(16(22)23)18-15(21)11-8-14(20)19(9-11)6-7-24-13-5-3-2-4-12(13)17/h2-5,10-11H,6-9H2,1H3,(H,18,21)(H,22,23)/t10-,11?/m0/s1. The molecule has 0 bridgehead atoms. The molecule has 2 amide bonds. The molecule has 1 unspecified atom stereocenters. The van der Waals surface area contributed by atoms with Crippen LogP contribution in [0.3, 0.4) is 0 Å². The van der Waals surface area contributed by atoms with Gasteiger partial charge in [0.1, 0.15) is 18.4 Å². The summed E-state index contributed by atoms with van der Waals surface area (Å²) in [5.74, 6) is -1.69. The highest BCUT2D eigenvalue weighted by atomic mass is 35.5. The number of carboxylic acids is 1. The predicted molar refractivity (Wildman–Crippen MR) is 86.9 cm³/mol. The monoisotopic (exact) mass is 354 g/mol. The molecule has 2 N–H and O–H groups in total. The number of likely N-dealkylation sites (tertiary alicyclic amines) is 1. The number of carbonyl (C=O) groups excluding carboxylic acids is 2. The number of halogens is 1. The molecule has 2 atom stereocenters. The molecule has 7 nitrogen and oxygen atoms in total. The Morgan fingerprint density at radius 2 is 2.17 bits per heavy atom. The van der Waals surface area contributed by atoms with Crippen molar-refractivity contribution in [2.24, 2.45) is 5.92 Å². The van der Waals surface area contributed by atoms with Gasteiger partial charge in [-0.3, -0.25) is 14.4 Å². The van der Waals surface area contributed by atoms with Gasteiger partial charge >= 0.3 is 5.97 Å². The lowest BCUT2D eigenvalue weighted by Crippen LogP contribution is -2.42. The quantitative estimate of drug-likeness (QED) is 0.766. The maximum Gasteiger partial charge on any atom is 0.325 e. The second-order valence-corrected chi connectivity index (χ2v) is 6.00. The maximum atomic E-state index is 12.0. The van der Waals surface area contributed by atoms with Gasteiger partial charge in [-0.1, -0.05) is 23.7 Å². The van der Waals surface area contributed by atoms with Gasteiger partial charge in [0, 0.05) is 13.0 Å². The molecule has 24 heavy (non-hydrogen) atoms. The van der Waals surface area contributed by atoms with E-state index in [0.717, 1.165) is 0 Å². The van der Waals surface area contributed by atoms with Gasteiger partial charge in [0.05, 0.1) is 17.5 Å². The average Bonchev–Trinajstić information content (AvgIpc) is 2.90. The van der Waals surface area contributed by atoms with Crippen molar-refractivity contribution >= 4 is 29.4 Å². The largest absolute Gasteiger partial charge is 0.490 e. The number of carbonyl (C=O) groups is 3. The van der Waals surface area contributed by atoms with Gasteiger partial charge in [0.25, 0.3) is 0 Å². The summed E-state index contributed by atoms with van der Waals surface area (Å²) in [5.41, 5.74) is 0. The lowest BCUT2D eigenvalue weighted by atomic mass is 10.1. The van der Waals surface area contributed by atoms with Crippen LogP contribution in [0.25, 0.3) is 0 Å². The molecule has 0 radical (unpaired) electrons. The van der Waals surface area contributed by atoms with Crippen LogP contribution < -0.4 is 10.1 Å². The first-order valence-corrected chi connectivity index (χ1v) is 7.94. The highest BCUT2D eigenvalue weighted by Gasteiger charge is 2.35. The summed E-state index contributed by atoms with van der Waals surface area (Å²) < 4.78 is 5.53. The van der Waals surface area contributed by atoms with Crippen LogP contribution in [-0.4, -0.2) is 53.5 Å². The third-order valence-corrected chi connectivity index (χ3v) is 4.08. The smallest absolute Gasteiger partial charge is 0.325 e. The van der Waals surface area contributed by atoms with Crippen LogP contribution >= 0.6 is 11.6 Å². The third kappa shape index (κ3) is 4.61. The van der Waals surface area contributed by atoms with Crippen LogP contribution in [0.5, 0.6) is 5.75 Å². The zero-order valence-corrected chi connectivity index (χ0v) is 14.0. The number of benzene rings is 1. The third-order valence-electron chi connectivity index (χ3n) is 3.77. The molecule has 130 valence electrons. The molecule has 1 heterocycles. The van der Waals surface area contributed by atoms with Crippen LogP contribution in [-0.2, 0) is 14.4 Å². The first-order chi connectivity index (χ1) is 11.4. The Kier molecular flexibility index (Phi) is 6.03. The number of hydrogen-bond donors (Lipinski definition) is 2. The van der Waals surface area contributed by atoms with Crippen LogP contribution in [0.15, 0.2) is 24.3 Å². The summed E-state index contributed by atoms with van der Waals surface area (Å²) in [7, 11) is 0. The number of carboxylic acid groups (broad SMARTS) is 1. The number of aliphatic carboxylic acids is 1. The molecule has 1 aromatic carbocycles. The van der Waals surface area contributed by atoms with E-state index in [4.69, 9.17) is 21.4 Å². The van der Waals surface area contributed by atoms with Crippen molar-refractivity contribution in [2.45, 2.75) is 19.4 Å². The number of hydrogen-bond acceptors (Lipinski definition) is 4. The Bertz CT molecular complexity index is 637. The van der Waals surface area contributed by atoms with Crippen molar-refractivity contribution in [3.63, 3.8) is 0 Å². The molecular weight excluding hydrogens is 336 g/mol. The van der Waals surface area contributed by atoms with Crippen LogP contribution in [0, 0.1) is 5.92 Å². The fraction of sp³-hybridized carbons (Fsp3) is 0.438. The molecule has 1 aromatic rings. The van der Waals surface area contributed by atoms with E-state index < -0.39 is 23.8 Å². The van der Waals surface area contributed by atoms with E-state index in [1.54, 1.807) is 24.3 Å². The van der Waals surface area contributed by atoms with Gasteiger partial charge in [-0.2, -0.15) is 0 Å². The van der Waals surface area contributed by atoms with Crippen molar-refractivity contribution in [3.8, 4) is 5.75 Å². The molecule has 0 aromatic heterocycles.